The van der Waals surface area contributed by atoms with Crippen LogP contribution in [0.4, 0.5) is 19.3 Å². The molecule has 0 aliphatic carbocycles. The number of ether oxygens (including phenoxy) is 2. The second-order valence-corrected chi connectivity index (χ2v) is 10.0. The van der Waals surface area contributed by atoms with Gasteiger partial charge in [-0.1, -0.05) is 0 Å². The van der Waals surface area contributed by atoms with Gasteiger partial charge < -0.3 is 9.47 Å². The average Bonchev–Trinajstić information content (AvgIpc) is 3.12. The third-order valence-corrected chi connectivity index (χ3v) is 6.08. The molecule has 0 unspecified atom stereocenters. The van der Waals surface area contributed by atoms with Gasteiger partial charge in [0.2, 0.25) is 0 Å². The lowest BCUT2D eigenvalue weighted by Crippen LogP contribution is -2.72. The van der Waals surface area contributed by atoms with Crippen molar-refractivity contribution in [1.29, 1.82) is 0 Å². The van der Waals surface area contributed by atoms with Crippen LogP contribution in [0.1, 0.15) is 39.3 Å². The summed E-state index contributed by atoms with van der Waals surface area (Å²) in [7, 11) is 1.81. The SMILES string of the molecule is CN1/C=N/c2ccnc3c2c(nn3-c2ccc(OC(C)(F)F)cc2)C2C[N+]1(C(=O)OC(C)(C)C)C2. The number of halogens is 2. The van der Waals surface area contributed by atoms with Gasteiger partial charge in [0.05, 0.1) is 29.5 Å². The molecular formula is C24H27F2N6O3+. The van der Waals surface area contributed by atoms with E-state index >= 15 is 0 Å². The van der Waals surface area contributed by atoms with Gasteiger partial charge in [-0.15, -0.1) is 4.59 Å². The van der Waals surface area contributed by atoms with Crippen LogP contribution < -0.4 is 4.74 Å². The molecular weight excluding hydrogens is 458 g/mol. The smallest absolute Gasteiger partial charge is 0.433 e. The van der Waals surface area contributed by atoms with Crippen LogP contribution >= 0.6 is 0 Å². The molecule has 1 fully saturated rings. The van der Waals surface area contributed by atoms with Gasteiger partial charge >= 0.3 is 12.2 Å². The molecule has 9 nitrogen and oxygen atoms in total. The zero-order valence-electron chi connectivity index (χ0n) is 20.2. The minimum atomic E-state index is -3.27. The predicted molar refractivity (Wildman–Crippen MR) is 125 cm³/mol. The molecule has 5 heterocycles. The number of fused-ring (bicyclic) bond motifs is 1. The molecule has 3 aliphatic rings. The van der Waals surface area contributed by atoms with Crippen molar-refractivity contribution in [1.82, 2.24) is 19.8 Å². The Morgan fingerprint density at radius 2 is 1.80 bits per heavy atom. The number of aromatic nitrogens is 3. The molecule has 0 radical (unpaired) electrons. The molecule has 3 aromatic rings. The maximum Gasteiger partial charge on any atom is 0.542 e. The van der Waals surface area contributed by atoms with Crippen molar-refractivity contribution < 1.29 is 27.6 Å². The molecule has 35 heavy (non-hydrogen) atoms. The maximum atomic E-state index is 13.2. The number of aliphatic imine (C=N–C) groups is 1. The summed E-state index contributed by atoms with van der Waals surface area (Å²) in [6.07, 6.45) is -0.331. The van der Waals surface area contributed by atoms with Crippen LogP contribution in [0.25, 0.3) is 16.7 Å². The zero-order chi connectivity index (χ0) is 25.2. The van der Waals surface area contributed by atoms with Gasteiger partial charge in [-0.3, -0.25) is 0 Å². The van der Waals surface area contributed by atoms with Crippen LogP contribution in [0.5, 0.6) is 5.75 Å². The quantitative estimate of drug-likeness (QED) is 0.497. The fourth-order valence-corrected chi connectivity index (χ4v) is 4.46. The van der Waals surface area contributed by atoms with Crippen LogP contribution in [0.15, 0.2) is 41.5 Å². The predicted octanol–water partition coefficient (Wildman–Crippen LogP) is 4.78. The highest BCUT2D eigenvalue weighted by Gasteiger charge is 2.58. The number of benzene rings is 1. The minimum Gasteiger partial charge on any atom is -0.433 e. The van der Waals surface area contributed by atoms with Crippen molar-refractivity contribution in [3.8, 4) is 11.4 Å². The third-order valence-electron chi connectivity index (χ3n) is 6.08. The fourth-order valence-electron chi connectivity index (χ4n) is 4.46. The average molecular weight is 486 g/mol. The monoisotopic (exact) mass is 485 g/mol. The summed E-state index contributed by atoms with van der Waals surface area (Å²) in [5.41, 5.74) is 2.09. The summed E-state index contributed by atoms with van der Waals surface area (Å²) in [6.45, 7) is 7.16. The number of quaternary nitrogens is 1. The van der Waals surface area contributed by atoms with E-state index in [1.165, 1.54) is 12.1 Å². The highest BCUT2D eigenvalue weighted by atomic mass is 19.3. The second-order valence-electron chi connectivity index (χ2n) is 10.0. The Morgan fingerprint density at radius 3 is 2.43 bits per heavy atom. The molecule has 1 aromatic carbocycles. The molecule has 0 atom stereocenters. The number of pyridine rings is 1. The Balaban J connectivity index is 1.56. The number of hydrogen-bond acceptors (Lipinski definition) is 7. The minimum absolute atomic E-state index is 0.0154. The van der Waals surface area contributed by atoms with Crippen LogP contribution in [0, 0.1) is 0 Å². The molecule has 0 spiro atoms. The molecule has 184 valence electrons. The first-order chi connectivity index (χ1) is 16.4. The maximum absolute atomic E-state index is 13.2. The van der Waals surface area contributed by atoms with Gasteiger partial charge in [0, 0.05) is 13.1 Å². The summed E-state index contributed by atoms with van der Waals surface area (Å²) >= 11 is 0. The lowest BCUT2D eigenvalue weighted by molar-refractivity contribution is -0.990. The Morgan fingerprint density at radius 1 is 1.11 bits per heavy atom. The number of alkyl halides is 2. The number of carbonyl (C=O) groups is 1. The Labute approximate surface area is 201 Å². The van der Waals surface area contributed by atoms with E-state index in [1.807, 2.05) is 27.8 Å². The molecule has 2 aromatic heterocycles. The van der Waals surface area contributed by atoms with Crippen molar-refractivity contribution >= 4 is 29.2 Å². The van der Waals surface area contributed by atoms with Crippen molar-refractivity contribution in [2.24, 2.45) is 4.99 Å². The summed E-state index contributed by atoms with van der Waals surface area (Å²) < 4.78 is 38.4. The normalized spacial score (nSPS) is 22.6. The lowest BCUT2D eigenvalue weighted by atomic mass is 9.93. The van der Waals surface area contributed by atoms with E-state index in [1.54, 1.807) is 40.4 Å². The molecule has 6 rings (SSSR count). The Bertz CT molecular complexity index is 1320. The van der Waals surface area contributed by atoms with Crippen LogP contribution in [-0.2, 0) is 4.74 Å². The highest BCUT2D eigenvalue weighted by molar-refractivity contribution is 5.93. The Hall–Kier alpha value is -3.60. The fraction of sp³-hybridized carbons (Fsp3) is 0.417. The first kappa shape index (κ1) is 23.2. The van der Waals surface area contributed by atoms with E-state index < -0.39 is 11.7 Å². The summed E-state index contributed by atoms with van der Waals surface area (Å²) in [6, 6.07) is 8.03. The third kappa shape index (κ3) is 4.09. The molecule has 11 heteroatoms. The first-order valence-corrected chi connectivity index (χ1v) is 11.3. The molecule has 0 saturated carbocycles. The number of nitrogens with zero attached hydrogens (tertiary/aromatic N) is 6. The van der Waals surface area contributed by atoms with E-state index in [2.05, 4.69) is 14.7 Å². The summed E-state index contributed by atoms with van der Waals surface area (Å²) in [5, 5.41) is 7.43. The zero-order valence-corrected chi connectivity index (χ0v) is 20.2. The lowest BCUT2D eigenvalue weighted by Gasteiger charge is -2.49. The molecule has 3 aliphatic heterocycles. The van der Waals surface area contributed by atoms with Crippen molar-refractivity contribution in [2.45, 2.75) is 45.3 Å². The number of carbonyl (C=O) groups excluding carboxylic acids is 1. The van der Waals surface area contributed by atoms with Gasteiger partial charge in [0.1, 0.15) is 36.7 Å². The largest absolute Gasteiger partial charge is 0.542 e. The molecule has 1 saturated heterocycles. The van der Waals surface area contributed by atoms with Gasteiger partial charge in [0.25, 0.3) is 0 Å². The summed E-state index contributed by atoms with van der Waals surface area (Å²) in [4.78, 5) is 22.4. The summed E-state index contributed by atoms with van der Waals surface area (Å²) in [5.74, 6) is 0.0202. The van der Waals surface area contributed by atoms with Crippen molar-refractivity contribution in [2.75, 3.05) is 20.1 Å². The first-order valence-electron chi connectivity index (χ1n) is 11.3. The number of rotatable bonds is 3. The van der Waals surface area contributed by atoms with Crippen molar-refractivity contribution in [3.05, 3.63) is 42.2 Å². The van der Waals surface area contributed by atoms with E-state index in [0.29, 0.717) is 37.0 Å². The van der Waals surface area contributed by atoms with E-state index in [0.717, 1.165) is 11.1 Å². The highest BCUT2D eigenvalue weighted by Crippen LogP contribution is 2.43. The second kappa shape index (κ2) is 7.70. The number of hydrogen-bond donors (Lipinski definition) is 0. The molecule has 1 amide bonds. The van der Waals surface area contributed by atoms with Crippen LogP contribution in [0.2, 0.25) is 0 Å². The van der Waals surface area contributed by atoms with Crippen LogP contribution in [0.3, 0.4) is 0 Å². The van der Waals surface area contributed by atoms with Gasteiger partial charge in [-0.05, 0) is 51.1 Å². The van der Waals surface area contributed by atoms with Gasteiger partial charge in [-0.25, -0.2) is 19.7 Å². The van der Waals surface area contributed by atoms with Gasteiger partial charge in [0.15, 0.2) is 5.65 Å². The number of amides is 1. The Kier molecular flexibility index (Phi) is 5.10. The molecule has 2 bridgehead atoms. The van der Waals surface area contributed by atoms with Crippen molar-refractivity contribution in [3.63, 3.8) is 0 Å². The standard InChI is InChI=1S/C24H27F2N6O3/c1-23(2,3)35-22(33)32-12-15(13-32)20-19-18(28-14-30(32)5)10-11-27-21(19)31(29-20)16-6-8-17(9-7-16)34-24(4,25)26/h6-11,14-15H,12-13H2,1-5H3/q+1/b28-14+. The van der Waals surface area contributed by atoms with E-state index in [4.69, 9.17) is 9.84 Å². The van der Waals surface area contributed by atoms with E-state index in [9.17, 15) is 13.6 Å². The van der Waals surface area contributed by atoms with Gasteiger partial charge in [-0.2, -0.15) is 18.7 Å². The van der Waals surface area contributed by atoms with Crippen LogP contribution in [-0.4, -0.2) is 68.6 Å². The van der Waals surface area contributed by atoms with E-state index in [-0.39, 0.29) is 22.4 Å². The topological polar surface area (TPSA) is 81.8 Å². The molecule has 0 N–H and O–H groups in total.